The zero-order valence-electron chi connectivity index (χ0n) is 8.37. The van der Waals surface area contributed by atoms with E-state index in [-0.39, 0.29) is 18.0 Å². The second-order valence-corrected chi connectivity index (χ2v) is 3.65. The monoisotopic (exact) mass is 222 g/mol. The van der Waals surface area contributed by atoms with E-state index < -0.39 is 0 Å². The summed E-state index contributed by atoms with van der Waals surface area (Å²) in [5, 5.41) is 0.607. The molecular formula is C12H11ClO2. The fourth-order valence-electron chi connectivity index (χ4n) is 1.12. The fraction of sp³-hybridized carbons (Fsp3) is 0.167. The summed E-state index contributed by atoms with van der Waals surface area (Å²) in [4.78, 5) is 21.9. The lowest BCUT2D eigenvalue weighted by Gasteiger charge is -1.97. The first-order valence-electron chi connectivity index (χ1n) is 4.54. The topological polar surface area (TPSA) is 34.1 Å². The Bertz CT molecular complexity index is 408. The third-order valence-corrected chi connectivity index (χ3v) is 2.01. The molecule has 0 unspecified atom stereocenters. The van der Waals surface area contributed by atoms with Gasteiger partial charge in [0.15, 0.2) is 11.6 Å². The molecule has 0 atom stereocenters. The molecule has 1 aromatic carbocycles. The van der Waals surface area contributed by atoms with Gasteiger partial charge < -0.3 is 0 Å². The Morgan fingerprint density at radius 3 is 2.67 bits per heavy atom. The van der Waals surface area contributed by atoms with Crippen molar-refractivity contribution in [2.45, 2.75) is 13.3 Å². The molecule has 0 fully saturated rings. The van der Waals surface area contributed by atoms with Gasteiger partial charge in [-0.3, -0.25) is 9.59 Å². The molecule has 15 heavy (non-hydrogen) atoms. The van der Waals surface area contributed by atoms with Crippen LogP contribution in [-0.2, 0) is 16.0 Å². The van der Waals surface area contributed by atoms with Gasteiger partial charge >= 0.3 is 0 Å². The van der Waals surface area contributed by atoms with Crippen molar-refractivity contribution in [3.05, 3.63) is 47.0 Å². The second-order valence-electron chi connectivity index (χ2n) is 3.22. The van der Waals surface area contributed by atoms with Gasteiger partial charge in [-0.15, -0.1) is 0 Å². The van der Waals surface area contributed by atoms with Gasteiger partial charge in [-0.25, -0.2) is 0 Å². The summed E-state index contributed by atoms with van der Waals surface area (Å²) in [5.41, 5.74) is 0.848. The van der Waals surface area contributed by atoms with E-state index in [1.54, 1.807) is 18.2 Å². The lowest BCUT2D eigenvalue weighted by molar-refractivity contribution is -0.115. The van der Waals surface area contributed by atoms with Gasteiger partial charge in [0.2, 0.25) is 0 Å². The highest BCUT2D eigenvalue weighted by Gasteiger charge is 2.00. The molecule has 1 aromatic rings. The molecule has 0 aliphatic carbocycles. The maximum atomic E-state index is 11.3. The Kier molecular flexibility index (Phi) is 4.25. The van der Waals surface area contributed by atoms with Crippen LogP contribution in [0.5, 0.6) is 0 Å². The molecule has 0 bridgehead atoms. The quantitative estimate of drug-likeness (QED) is 0.734. The number of ketones is 2. The number of hydrogen-bond donors (Lipinski definition) is 0. The number of carbonyl (C=O) groups is 2. The first-order valence-corrected chi connectivity index (χ1v) is 4.91. The van der Waals surface area contributed by atoms with Gasteiger partial charge in [0.05, 0.1) is 0 Å². The number of allylic oxidation sites excluding steroid dienone is 2. The van der Waals surface area contributed by atoms with E-state index in [2.05, 4.69) is 0 Å². The molecule has 2 nitrogen and oxygen atoms in total. The maximum absolute atomic E-state index is 11.3. The van der Waals surface area contributed by atoms with Crippen LogP contribution in [-0.4, -0.2) is 11.6 Å². The molecular weight excluding hydrogens is 212 g/mol. The number of carbonyl (C=O) groups excluding carboxylic acids is 2. The minimum atomic E-state index is -0.130. The molecule has 0 aliphatic rings. The Morgan fingerprint density at radius 2 is 2.07 bits per heavy atom. The summed E-state index contributed by atoms with van der Waals surface area (Å²) in [6, 6.07) is 7.10. The Labute approximate surface area is 93.6 Å². The standard InChI is InChI=1S/C12H11ClO2/c1-9(14)5-6-12(15)8-10-3-2-4-11(13)7-10/h2-7H,8H2,1H3/b6-5-. The Balaban J connectivity index is 2.63. The largest absolute Gasteiger partial charge is 0.295 e. The Hall–Kier alpha value is -1.41. The molecule has 0 aromatic heterocycles. The average molecular weight is 223 g/mol. The van der Waals surface area contributed by atoms with E-state index in [1.165, 1.54) is 19.1 Å². The van der Waals surface area contributed by atoms with E-state index in [1.807, 2.05) is 6.07 Å². The van der Waals surface area contributed by atoms with Crippen molar-refractivity contribution in [2.75, 3.05) is 0 Å². The minimum absolute atomic E-state index is 0.104. The zero-order chi connectivity index (χ0) is 11.3. The van der Waals surface area contributed by atoms with E-state index in [9.17, 15) is 9.59 Å². The second kappa shape index (κ2) is 5.47. The molecule has 78 valence electrons. The molecule has 0 saturated heterocycles. The molecule has 0 spiro atoms. The minimum Gasteiger partial charge on any atom is -0.295 e. The van der Waals surface area contributed by atoms with E-state index in [4.69, 9.17) is 11.6 Å². The number of rotatable bonds is 4. The van der Waals surface area contributed by atoms with E-state index >= 15 is 0 Å². The summed E-state index contributed by atoms with van der Waals surface area (Å²) < 4.78 is 0. The van der Waals surface area contributed by atoms with E-state index in [0.717, 1.165) is 5.56 Å². The van der Waals surface area contributed by atoms with Gasteiger partial charge in [0.25, 0.3) is 0 Å². The van der Waals surface area contributed by atoms with Crippen LogP contribution in [0, 0.1) is 0 Å². The van der Waals surface area contributed by atoms with Crippen molar-refractivity contribution in [1.29, 1.82) is 0 Å². The summed E-state index contributed by atoms with van der Waals surface area (Å²) in [7, 11) is 0. The molecule has 0 aliphatic heterocycles. The normalized spacial score (nSPS) is 10.5. The van der Waals surface area contributed by atoms with Gasteiger partial charge in [-0.2, -0.15) is 0 Å². The summed E-state index contributed by atoms with van der Waals surface area (Å²) in [6.07, 6.45) is 2.83. The van der Waals surface area contributed by atoms with Crippen LogP contribution in [0.25, 0.3) is 0 Å². The maximum Gasteiger partial charge on any atom is 0.160 e. The third-order valence-electron chi connectivity index (χ3n) is 1.77. The highest BCUT2D eigenvalue weighted by atomic mass is 35.5. The van der Waals surface area contributed by atoms with Crippen LogP contribution in [0.3, 0.4) is 0 Å². The first kappa shape index (κ1) is 11.7. The van der Waals surface area contributed by atoms with Crippen molar-refractivity contribution >= 4 is 23.2 Å². The van der Waals surface area contributed by atoms with Gasteiger partial charge in [0.1, 0.15) is 0 Å². The van der Waals surface area contributed by atoms with Gasteiger partial charge in [0, 0.05) is 11.4 Å². The highest BCUT2D eigenvalue weighted by Crippen LogP contribution is 2.11. The van der Waals surface area contributed by atoms with Crippen LogP contribution in [0.2, 0.25) is 5.02 Å². The van der Waals surface area contributed by atoms with Gasteiger partial charge in [-0.05, 0) is 36.8 Å². The predicted molar refractivity (Wildman–Crippen MR) is 60.0 cm³/mol. The average Bonchev–Trinajstić information content (AvgIpc) is 2.15. The summed E-state index contributed by atoms with van der Waals surface area (Å²) >= 11 is 5.77. The number of halogens is 1. The SMILES string of the molecule is CC(=O)/C=C\C(=O)Cc1cccc(Cl)c1. The van der Waals surface area contributed by atoms with Crippen LogP contribution in [0.1, 0.15) is 12.5 Å². The van der Waals surface area contributed by atoms with Gasteiger partial charge in [-0.1, -0.05) is 23.7 Å². The van der Waals surface area contributed by atoms with Crippen molar-refractivity contribution < 1.29 is 9.59 Å². The molecule has 0 saturated carbocycles. The predicted octanol–water partition coefficient (Wildman–Crippen LogP) is 2.60. The van der Waals surface area contributed by atoms with E-state index in [0.29, 0.717) is 5.02 Å². The molecule has 0 heterocycles. The van der Waals surface area contributed by atoms with Crippen LogP contribution in [0.4, 0.5) is 0 Å². The van der Waals surface area contributed by atoms with Crippen LogP contribution in [0.15, 0.2) is 36.4 Å². The lowest BCUT2D eigenvalue weighted by Crippen LogP contribution is -1.99. The Morgan fingerprint density at radius 1 is 1.33 bits per heavy atom. The number of benzene rings is 1. The molecule has 1 rings (SSSR count). The van der Waals surface area contributed by atoms with Crippen molar-refractivity contribution in [3.63, 3.8) is 0 Å². The van der Waals surface area contributed by atoms with Crippen LogP contribution >= 0.6 is 11.6 Å². The fourth-order valence-corrected chi connectivity index (χ4v) is 1.33. The third kappa shape index (κ3) is 4.56. The summed E-state index contributed by atoms with van der Waals surface area (Å²) in [6.45, 7) is 1.41. The zero-order valence-corrected chi connectivity index (χ0v) is 9.12. The number of hydrogen-bond acceptors (Lipinski definition) is 2. The van der Waals surface area contributed by atoms with Crippen molar-refractivity contribution in [3.8, 4) is 0 Å². The van der Waals surface area contributed by atoms with Crippen LogP contribution < -0.4 is 0 Å². The highest BCUT2D eigenvalue weighted by molar-refractivity contribution is 6.30. The molecule has 3 heteroatoms. The lowest BCUT2D eigenvalue weighted by atomic mass is 10.1. The van der Waals surface area contributed by atoms with Crippen molar-refractivity contribution in [2.24, 2.45) is 0 Å². The smallest absolute Gasteiger partial charge is 0.160 e. The summed E-state index contributed by atoms with van der Waals surface area (Å²) in [5.74, 6) is -0.234. The first-order chi connectivity index (χ1) is 7.08. The molecule has 0 N–H and O–H groups in total. The molecule has 0 amide bonds. The molecule has 0 radical (unpaired) electrons. The van der Waals surface area contributed by atoms with Crippen molar-refractivity contribution in [1.82, 2.24) is 0 Å².